The maximum atomic E-state index is 12.3. The Morgan fingerprint density at radius 3 is 2.86 bits per heavy atom. The number of aliphatic hydroxyl groups is 1. The second kappa shape index (κ2) is 6.80. The Bertz CT molecular complexity index is 502. The number of hydrogen-bond donors (Lipinski definition) is 2. The molecule has 1 atom stereocenters. The molecule has 0 bridgehead atoms. The number of ether oxygens (including phenoxy) is 1. The van der Waals surface area contributed by atoms with Gasteiger partial charge in [0.15, 0.2) is 0 Å². The number of amides is 2. The average Bonchev–Trinajstić information content (AvgIpc) is 2.68. The summed E-state index contributed by atoms with van der Waals surface area (Å²) in [5.74, 6) is 1.19. The molecule has 21 heavy (non-hydrogen) atoms. The lowest BCUT2D eigenvalue weighted by Crippen LogP contribution is -2.45. The number of rotatable bonds is 3. The molecule has 0 unspecified atom stereocenters. The molecule has 2 amide bonds. The number of benzene rings is 1. The molecule has 5 nitrogen and oxygen atoms in total. The Hall–Kier alpha value is -1.75. The summed E-state index contributed by atoms with van der Waals surface area (Å²) in [7, 11) is 0. The zero-order valence-electron chi connectivity index (χ0n) is 12.9. The summed E-state index contributed by atoms with van der Waals surface area (Å²) in [6.45, 7) is 7.70. The summed E-state index contributed by atoms with van der Waals surface area (Å²) in [6.07, 6.45) is 0. The van der Waals surface area contributed by atoms with E-state index in [1.165, 1.54) is 0 Å². The van der Waals surface area contributed by atoms with Crippen molar-refractivity contribution in [3.63, 3.8) is 0 Å². The second-order valence-electron chi connectivity index (χ2n) is 5.85. The molecule has 0 aliphatic carbocycles. The van der Waals surface area contributed by atoms with Gasteiger partial charge in [-0.15, -0.1) is 0 Å². The van der Waals surface area contributed by atoms with E-state index >= 15 is 0 Å². The molecule has 0 saturated carbocycles. The van der Waals surface area contributed by atoms with Crippen LogP contribution in [-0.2, 0) is 13.2 Å². The molecule has 1 aliphatic heterocycles. The second-order valence-corrected chi connectivity index (χ2v) is 5.85. The molecule has 0 aromatic heterocycles. The van der Waals surface area contributed by atoms with Crippen molar-refractivity contribution in [1.29, 1.82) is 0 Å². The summed E-state index contributed by atoms with van der Waals surface area (Å²) >= 11 is 0. The van der Waals surface area contributed by atoms with Crippen LogP contribution >= 0.6 is 0 Å². The lowest BCUT2D eigenvalue weighted by atomic mass is 10.1. The Kier molecular flexibility index (Phi) is 5.07. The fraction of sp³-hybridized carbons (Fsp3) is 0.562. The average molecular weight is 292 g/mol. The van der Waals surface area contributed by atoms with E-state index < -0.39 is 0 Å². The number of nitrogens with zero attached hydrogens (tertiary/aromatic N) is 1. The topological polar surface area (TPSA) is 61.8 Å². The summed E-state index contributed by atoms with van der Waals surface area (Å²) in [5.41, 5.74) is 1.77. The van der Waals surface area contributed by atoms with Gasteiger partial charge in [-0.25, -0.2) is 4.79 Å². The fourth-order valence-corrected chi connectivity index (χ4v) is 2.17. The molecule has 1 aromatic rings. The molecule has 2 N–H and O–H groups in total. The van der Waals surface area contributed by atoms with Gasteiger partial charge in [-0.1, -0.05) is 19.9 Å². The predicted molar refractivity (Wildman–Crippen MR) is 81.1 cm³/mol. The van der Waals surface area contributed by atoms with Gasteiger partial charge >= 0.3 is 6.03 Å². The lowest BCUT2D eigenvalue weighted by Gasteiger charge is -2.25. The van der Waals surface area contributed by atoms with Gasteiger partial charge in [0.05, 0.1) is 19.7 Å². The molecule has 2 rings (SSSR count). The van der Waals surface area contributed by atoms with Gasteiger partial charge in [0, 0.05) is 11.6 Å². The van der Waals surface area contributed by atoms with E-state index in [4.69, 9.17) is 4.74 Å². The molecule has 116 valence electrons. The van der Waals surface area contributed by atoms with E-state index in [1.54, 1.807) is 4.90 Å². The van der Waals surface area contributed by atoms with Crippen LogP contribution in [0.25, 0.3) is 0 Å². The number of carbonyl (C=O) groups is 1. The molecular formula is C16H24N2O3. The molecule has 0 spiro atoms. The van der Waals surface area contributed by atoms with Crippen molar-refractivity contribution >= 4 is 6.03 Å². The van der Waals surface area contributed by atoms with Crippen molar-refractivity contribution in [3.05, 3.63) is 29.3 Å². The number of urea groups is 1. The van der Waals surface area contributed by atoms with Crippen LogP contribution in [0.1, 0.15) is 31.9 Å². The Labute approximate surface area is 125 Å². The van der Waals surface area contributed by atoms with Crippen molar-refractivity contribution < 1.29 is 14.6 Å². The Balaban J connectivity index is 2.10. The first kappa shape index (κ1) is 15.6. The summed E-state index contributed by atoms with van der Waals surface area (Å²) < 4.78 is 5.68. The molecule has 1 aliphatic rings. The van der Waals surface area contributed by atoms with Gasteiger partial charge in [-0.3, -0.25) is 0 Å². The van der Waals surface area contributed by atoms with Crippen LogP contribution in [0.15, 0.2) is 18.2 Å². The summed E-state index contributed by atoms with van der Waals surface area (Å²) in [5, 5.41) is 12.2. The van der Waals surface area contributed by atoms with E-state index in [0.717, 1.165) is 16.9 Å². The third-order valence-electron chi connectivity index (χ3n) is 3.93. The summed E-state index contributed by atoms with van der Waals surface area (Å²) in [4.78, 5) is 14.1. The zero-order valence-corrected chi connectivity index (χ0v) is 12.9. The smallest absolute Gasteiger partial charge is 0.318 e. The fourth-order valence-electron chi connectivity index (χ4n) is 2.17. The third-order valence-corrected chi connectivity index (χ3v) is 3.93. The van der Waals surface area contributed by atoms with Crippen molar-refractivity contribution in [2.75, 3.05) is 13.2 Å². The van der Waals surface area contributed by atoms with Crippen LogP contribution in [0.5, 0.6) is 5.75 Å². The maximum Gasteiger partial charge on any atom is 0.318 e. The van der Waals surface area contributed by atoms with Gasteiger partial charge in [-0.2, -0.15) is 0 Å². The normalized spacial score (nSPS) is 16.0. The van der Waals surface area contributed by atoms with Crippen molar-refractivity contribution in [3.8, 4) is 5.75 Å². The minimum atomic E-state index is -0.0675. The number of nitrogens with one attached hydrogen (secondary N) is 1. The first-order valence-corrected chi connectivity index (χ1v) is 7.42. The van der Waals surface area contributed by atoms with E-state index in [0.29, 0.717) is 25.6 Å². The number of carbonyl (C=O) groups excluding carboxylic acids is 1. The highest BCUT2D eigenvalue weighted by Gasteiger charge is 2.21. The zero-order chi connectivity index (χ0) is 15.4. The van der Waals surface area contributed by atoms with Crippen LogP contribution in [-0.4, -0.2) is 35.2 Å². The van der Waals surface area contributed by atoms with Gasteiger partial charge < -0.3 is 20.1 Å². The van der Waals surface area contributed by atoms with Crippen LogP contribution in [0.3, 0.4) is 0 Å². The van der Waals surface area contributed by atoms with Crippen LogP contribution in [0, 0.1) is 5.92 Å². The highest BCUT2D eigenvalue weighted by Crippen LogP contribution is 2.24. The predicted octanol–water partition coefficient (Wildman–Crippen LogP) is 2.13. The number of aliphatic hydroxyl groups excluding tert-OH is 1. The molecule has 1 heterocycles. The monoisotopic (exact) mass is 292 g/mol. The van der Waals surface area contributed by atoms with Crippen molar-refractivity contribution in [2.45, 2.75) is 40.0 Å². The first-order chi connectivity index (χ1) is 10.0. The Morgan fingerprint density at radius 1 is 1.43 bits per heavy atom. The molecule has 0 fully saturated rings. The Morgan fingerprint density at radius 2 is 2.19 bits per heavy atom. The van der Waals surface area contributed by atoms with Crippen LogP contribution < -0.4 is 10.1 Å². The minimum absolute atomic E-state index is 0.0101. The molecule has 5 heteroatoms. The van der Waals surface area contributed by atoms with Gasteiger partial charge in [-0.05, 0) is 30.5 Å². The highest BCUT2D eigenvalue weighted by molar-refractivity contribution is 5.74. The molecule has 0 saturated heterocycles. The van der Waals surface area contributed by atoms with Crippen LogP contribution in [0.4, 0.5) is 4.79 Å². The van der Waals surface area contributed by atoms with Gasteiger partial charge in [0.25, 0.3) is 0 Å². The van der Waals surface area contributed by atoms with Crippen LogP contribution in [0.2, 0.25) is 0 Å². The van der Waals surface area contributed by atoms with Gasteiger partial charge in [0.2, 0.25) is 0 Å². The minimum Gasteiger partial charge on any atom is -0.491 e. The molecular weight excluding hydrogens is 268 g/mol. The quantitative estimate of drug-likeness (QED) is 0.897. The van der Waals surface area contributed by atoms with E-state index in [-0.39, 0.29) is 18.7 Å². The standard InChI is InChI=1S/C16H24N2O3/c1-11(2)12(3)17-16(20)18-6-7-21-15-5-4-13(10-19)8-14(15)9-18/h4-5,8,11-12,19H,6-7,9-10H2,1-3H3,(H,17,20)/t12-/m0/s1. The molecule has 0 radical (unpaired) electrons. The lowest BCUT2D eigenvalue weighted by molar-refractivity contribution is 0.182. The summed E-state index contributed by atoms with van der Waals surface area (Å²) in [6, 6.07) is 5.66. The SMILES string of the molecule is CC(C)[C@H](C)NC(=O)N1CCOc2ccc(CO)cc2C1. The highest BCUT2D eigenvalue weighted by atomic mass is 16.5. The van der Waals surface area contributed by atoms with E-state index in [2.05, 4.69) is 19.2 Å². The van der Waals surface area contributed by atoms with E-state index in [9.17, 15) is 9.90 Å². The largest absolute Gasteiger partial charge is 0.491 e. The first-order valence-electron chi connectivity index (χ1n) is 7.42. The third kappa shape index (κ3) is 3.88. The van der Waals surface area contributed by atoms with Crippen molar-refractivity contribution in [2.24, 2.45) is 5.92 Å². The maximum absolute atomic E-state index is 12.3. The number of fused-ring (bicyclic) bond motifs is 1. The number of hydrogen-bond acceptors (Lipinski definition) is 3. The van der Waals surface area contributed by atoms with Gasteiger partial charge in [0.1, 0.15) is 12.4 Å². The molecule has 1 aromatic carbocycles. The van der Waals surface area contributed by atoms with Crippen molar-refractivity contribution in [1.82, 2.24) is 10.2 Å². The van der Waals surface area contributed by atoms with E-state index in [1.807, 2.05) is 25.1 Å².